The lowest BCUT2D eigenvalue weighted by atomic mass is 9.73. The highest BCUT2D eigenvalue weighted by Gasteiger charge is 2.52. The molecule has 0 aromatic heterocycles. The number of likely N-dealkylation sites (tertiary alicyclic amines) is 1. The molecule has 1 aliphatic heterocycles. The molecule has 30 heavy (non-hydrogen) atoms. The summed E-state index contributed by atoms with van der Waals surface area (Å²) in [6, 6.07) is 6.07. The van der Waals surface area contributed by atoms with Crippen LogP contribution in [-0.4, -0.2) is 46.1 Å². The van der Waals surface area contributed by atoms with Crippen molar-refractivity contribution < 1.29 is 18.8 Å². The van der Waals surface area contributed by atoms with E-state index < -0.39 is 17.0 Å². The number of nitrogens with one attached hydrogen (secondary N) is 1. The molecule has 3 rings (SSSR count). The second-order valence-electron chi connectivity index (χ2n) is 10.5. The molecule has 1 aromatic carbocycles. The quantitative estimate of drug-likeness (QED) is 0.713. The van der Waals surface area contributed by atoms with Crippen LogP contribution in [-0.2, 0) is 22.5 Å². The predicted octanol–water partition coefficient (Wildman–Crippen LogP) is 4.36. The van der Waals surface area contributed by atoms with Gasteiger partial charge >= 0.3 is 6.09 Å². The molecule has 0 unspecified atom stereocenters. The Morgan fingerprint density at radius 3 is 2.37 bits per heavy atom. The third-order valence-corrected chi connectivity index (χ3v) is 7.60. The van der Waals surface area contributed by atoms with Crippen LogP contribution in [0.1, 0.15) is 71.6 Å². The monoisotopic (exact) mass is 436 g/mol. The van der Waals surface area contributed by atoms with Crippen molar-refractivity contribution in [1.29, 1.82) is 0 Å². The van der Waals surface area contributed by atoms with E-state index in [1.165, 1.54) is 5.56 Å². The standard InChI is InChI=1S/C23H36N2O4S/c1-21(2,3)29-20(26)25-13-11-23(12-14-25)15-17-16(9-8-10-18(17)28-7)19(23)24-30(27)22(4,5)6/h8-10,19,24H,11-15H2,1-7H3/t19-,30-/m1/s1. The molecule has 6 nitrogen and oxygen atoms in total. The molecule has 168 valence electrons. The summed E-state index contributed by atoms with van der Waals surface area (Å²) in [5.41, 5.74) is 1.75. The van der Waals surface area contributed by atoms with E-state index in [9.17, 15) is 9.35 Å². The van der Waals surface area contributed by atoms with E-state index in [4.69, 9.17) is 9.47 Å². The lowest BCUT2D eigenvalue weighted by molar-refractivity contribution is 0.00712. The number of carbonyl (C=O) groups excluding carboxylic acids is 1. The molecule has 1 fully saturated rings. The number of benzene rings is 1. The fraction of sp³-hybridized carbons (Fsp3) is 0.696. The number of fused-ring (bicyclic) bond motifs is 1. The van der Waals surface area contributed by atoms with E-state index in [0.717, 1.165) is 30.6 Å². The summed E-state index contributed by atoms with van der Waals surface area (Å²) in [4.78, 5) is 14.3. The number of hydrogen-bond donors (Lipinski definition) is 1. The minimum absolute atomic E-state index is 0.0385. The van der Waals surface area contributed by atoms with Crippen LogP contribution in [0.15, 0.2) is 18.2 Å². The van der Waals surface area contributed by atoms with Crippen LogP contribution in [0.3, 0.4) is 0 Å². The molecular weight excluding hydrogens is 400 g/mol. The summed E-state index contributed by atoms with van der Waals surface area (Å²) in [5, 5.41) is 0. The molecule has 1 amide bonds. The van der Waals surface area contributed by atoms with Crippen molar-refractivity contribution in [1.82, 2.24) is 9.62 Å². The molecule has 1 saturated heterocycles. The Hall–Kier alpha value is -1.44. The van der Waals surface area contributed by atoms with E-state index in [-0.39, 0.29) is 22.3 Å². The molecule has 1 aliphatic carbocycles. The smallest absolute Gasteiger partial charge is 0.410 e. The van der Waals surface area contributed by atoms with Gasteiger partial charge in [-0.15, -0.1) is 4.72 Å². The summed E-state index contributed by atoms with van der Waals surface area (Å²) < 4.78 is 27.3. The minimum atomic E-state index is -1.20. The number of ether oxygens (including phenoxy) is 2. The fourth-order valence-corrected chi connectivity index (χ4v) is 5.36. The van der Waals surface area contributed by atoms with Gasteiger partial charge in [0.05, 0.1) is 13.2 Å². The van der Waals surface area contributed by atoms with Gasteiger partial charge in [-0.05, 0) is 78.0 Å². The van der Waals surface area contributed by atoms with E-state index in [0.29, 0.717) is 13.1 Å². The maximum atomic E-state index is 13.0. The highest BCUT2D eigenvalue weighted by Crippen LogP contribution is 2.54. The van der Waals surface area contributed by atoms with Crippen molar-refractivity contribution in [3.63, 3.8) is 0 Å². The number of methoxy groups -OCH3 is 1. The molecule has 2 atom stereocenters. The normalized spacial score (nSPS) is 22.0. The Morgan fingerprint density at radius 1 is 1.20 bits per heavy atom. The molecule has 2 aliphatic rings. The van der Waals surface area contributed by atoms with Crippen molar-refractivity contribution >= 4 is 17.5 Å². The lowest BCUT2D eigenvalue weighted by Gasteiger charge is -2.43. The summed E-state index contributed by atoms with van der Waals surface area (Å²) in [6.07, 6.45) is 2.24. The van der Waals surface area contributed by atoms with Crippen molar-refractivity contribution in [2.75, 3.05) is 20.2 Å². The first-order chi connectivity index (χ1) is 13.9. The topological polar surface area (TPSA) is 73.9 Å². The fourth-order valence-electron chi connectivity index (χ4n) is 4.42. The maximum Gasteiger partial charge on any atom is 0.410 e. The van der Waals surface area contributed by atoms with Crippen LogP contribution in [0.4, 0.5) is 4.79 Å². The SMILES string of the molecule is COc1cccc2c1CC1(CCN(C(=O)OC(C)(C)C)CC1)[C@@H]2N[S@+]([O-])C(C)(C)C. The Labute approximate surface area is 184 Å². The van der Waals surface area contributed by atoms with Gasteiger partial charge in [0.25, 0.3) is 0 Å². The number of nitrogens with zero attached hydrogens (tertiary/aromatic N) is 1. The number of amides is 1. The molecule has 0 radical (unpaired) electrons. The summed E-state index contributed by atoms with van der Waals surface area (Å²) in [6.45, 7) is 12.9. The zero-order valence-electron chi connectivity index (χ0n) is 19.3. The zero-order valence-corrected chi connectivity index (χ0v) is 20.1. The van der Waals surface area contributed by atoms with Gasteiger partial charge < -0.3 is 18.9 Å². The van der Waals surface area contributed by atoms with Gasteiger partial charge in [-0.2, -0.15) is 0 Å². The number of rotatable bonds is 3. The van der Waals surface area contributed by atoms with Gasteiger partial charge in [0, 0.05) is 29.9 Å². The van der Waals surface area contributed by atoms with Gasteiger partial charge in [0.1, 0.15) is 16.1 Å². The highest BCUT2D eigenvalue weighted by atomic mass is 32.2. The lowest BCUT2D eigenvalue weighted by Crippen LogP contribution is -2.51. The van der Waals surface area contributed by atoms with Crippen LogP contribution in [0.2, 0.25) is 0 Å². The summed E-state index contributed by atoms with van der Waals surface area (Å²) in [7, 11) is 1.70. The molecular formula is C23H36N2O4S. The Bertz CT molecular complexity index is 776. The van der Waals surface area contributed by atoms with Crippen LogP contribution in [0, 0.1) is 5.41 Å². The zero-order chi connectivity index (χ0) is 22.3. The Balaban J connectivity index is 1.85. The van der Waals surface area contributed by atoms with Crippen molar-refractivity contribution in [3.8, 4) is 5.75 Å². The molecule has 1 heterocycles. The third-order valence-electron chi connectivity index (χ3n) is 6.03. The van der Waals surface area contributed by atoms with Crippen molar-refractivity contribution in [2.24, 2.45) is 5.41 Å². The molecule has 0 bridgehead atoms. The first-order valence-electron chi connectivity index (χ1n) is 10.7. The average Bonchev–Trinajstić information content (AvgIpc) is 2.93. The van der Waals surface area contributed by atoms with E-state index in [2.05, 4.69) is 10.8 Å². The average molecular weight is 437 g/mol. The molecule has 1 spiro atoms. The molecule has 0 saturated carbocycles. The van der Waals surface area contributed by atoms with Gasteiger partial charge in [-0.3, -0.25) is 0 Å². The molecule has 1 aromatic rings. The number of carbonyl (C=O) groups is 1. The van der Waals surface area contributed by atoms with Gasteiger partial charge in [0.2, 0.25) is 0 Å². The highest BCUT2D eigenvalue weighted by molar-refractivity contribution is 7.90. The maximum absolute atomic E-state index is 13.0. The first kappa shape index (κ1) is 23.2. The molecule has 1 N–H and O–H groups in total. The number of piperidine rings is 1. The van der Waals surface area contributed by atoms with Gasteiger partial charge in [-0.1, -0.05) is 12.1 Å². The van der Waals surface area contributed by atoms with Gasteiger partial charge in [-0.25, -0.2) is 4.79 Å². The van der Waals surface area contributed by atoms with E-state index in [1.54, 1.807) is 12.0 Å². The summed E-state index contributed by atoms with van der Waals surface area (Å²) in [5.74, 6) is 0.882. The molecule has 7 heteroatoms. The van der Waals surface area contributed by atoms with Crippen LogP contribution in [0.25, 0.3) is 0 Å². The largest absolute Gasteiger partial charge is 0.598 e. The summed E-state index contributed by atoms with van der Waals surface area (Å²) >= 11 is -1.20. The second kappa shape index (κ2) is 8.24. The van der Waals surface area contributed by atoms with Crippen LogP contribution in [0.5, 0.6) is 5.75 Å². The van der Waals surface area contributed by atoms with E-state index in [1.807, 2.05) is 53.7 Å². The second-order valence-corrected chi connectivity index (χ2v) is 12.5. The number of hydrogen-bond acceptors (Lipinski definition) is 5. The predicted molar refractivity (Wildman–Crippen MR) is 120 cm³/mol. The Kier molecular flexibility index (Phi) is 6.38. The third kappa shape index (κ3) is 4.73. The van der Waals surface area contributed by atoms with Crippen molar-refractivity contribution in [2.45, 2.75) is 77.2 Å². The van der Waals surface area contributed by atoms with Crippen LogP contribution >= 0.6 is 0 Å². The van der Waals surface area contributed by atoms with Gasteiger partial charge in [0.15, 0.2) is 0 Å². The Morgan fingerprint density at radius 2 is 1.83 bits per heavy atom. The van der Waals surface area contributed by atoms with E-state index >= 15 is 0 Å². The first-order valence-corrected chi connectivity index (χ1v) is 11.8. The van der Waals surface area contributed by atoms with Crippen LogP contribution < -0.4 is 9.46 Å². The minimum Gasteiger partial charge on any atom is -0.598 e. The van der Waals surface area contributed by atoms with Crippen molar-refractivity contribution in [3.05, 3.63) is 29.3 Å².